The highest BCUT2D eigenvalue weighted by atomic mass is 31.1. The lowest BCUT2D eigenvalue weighted by Crippen LogP contribution is -1.84. The molecule has 1 N–H and O–H groups in total. The van der Waals surface area contributed by atoms with E-state index in [1.54, 1.807) is 0 Å². The molecule has 0 aliphatic heterocycles. The zero-order chi connectivity index (χ0) is 7.94. The lowest BCUT2D eigenvalue weighted by molar-refractivity contribution is 0.662. The second kappa shape index (κ2) is 5.31. The highest BCUT2D eigenvalue weighted by Crippen LogP contribution is 2.06. The van der Waals surface area contributed by atoms with Crippen LogP contribution in [-0.2, 0) is 6.42 Å². The quantitative estimate of drug-likeness (QED) is 0.676. The summed E-state index contributed by atoms with van der Waals surface area (Å²) in [5.74, 6) is 0. The van der Waals surface area contributed by atoms with Crippen molar-refractivity contribution in [2.24, 2.45) is 0 Å². The first-order valence-electron chi connectivity index (χ1n) is 4.29. The molecule has 0 spiro atoms. The molecule has 0 aliphatic carbocycles. The summed E-state index contributed by atoms with van der Waals surface area (Å²) in [5.41, 5.74) is 1.24. The molecule has 1 aromatic heterocycles. The molecule has 1 aromatic rings. The van der Waals surface area contributed by atoms with Crippen molar-refractivity contribution in [2.45, 2.75) is 39.0 Å². The van der Waals surface area contributed by atoms with Crippen LogP contribution in [0.1, 0.15) is 38.3 Å². The molecular formula is C8H15N2P. The van der Waals surface area contributed by atoms with Gasteiger partial charge in [0.15, 0.2) is 0 Å². The van der Waals surface area contributed by atoms with Crippen LogP contribution in [0.3, 0.4) is 0 Å². The number of nitrogens with one attached hydrogen (secondary N) is 1. The maximum atomic E-state index is 4.26. The van der Waals surface area contributed by atoms with Gasteiger partial charge in [-0.2, -0.15) is 0 Å². The molecule has 62 valence electrons. The summed E-state index contributed by atoms with van der Waals surface area (Å²) in [7, 11) is 1.01. The van der Waals surface area contributed by atoms with E-state index < -0.39 is 0 Å². The van der Waals surface area contributed by atoms with Crippen LogP contribution in [0.4, 0.5) is 0 Å². The van der Waals surface area contributed by atoms with Gasteiger partial charge >= 0.3 is 0 Å². The van der Waals surface area contributed by atoms with Crippen molar-refractivity contribution in [1.82, 2.24) is 9.49 Å². The summed E-state index contributed by atoms with van der Waals surface area (Å²) in [4.78, 5) is 0. The standard InChI is InChI=1S/C8H15N2P/c1-2-3-4-5-6-8-7-9-11-10-8/h7H,2-6H2,1H3,(H,9,10). The maximum Gasteiger partial charge on any atom is 0.129 e. The first kappa shape index (κ1) is 8.73. The topological polar surface area (TPSA) is 28.7 Å². The van der Waals surface area contributed by atoms with Gasteiger partial charge in [0.25, 0.3) is 0 Å². The van der Waals surface area contributed by atoms with E-state index in [0.29, 0.717) is 0 Å². The maximum absolute atomic E-state index is 4.26. The van der Waals surface area contributed by atoms with Crippen LogP contribution < -0.4 is 0 Å². The fourth-order valence-electron chi connectivity index (χ4n) is 1.08. The number of aromatic amines is 1. The Morgan fingerprint density at radius 1 is 1.45 bits per heavy atom. The Morgan fingerprint density at radius 2 is 2.36 bits per heavy atom. The molecule has 0 amide bonds. The van der Waals surface area contributed by atoms with Gasteiger partial charge in [0.1, 0.15) is 8.51 Å². The number of unbranched alkanes of at least 4 members (excludes halogenated alkanes) is 3. The fraction of sp³-hybridized carbons (Fsp3) is 0.750. The largest absolute Gasteiger partial charge is 0.328 e. The van der Waals surface area contributed by atoms with Gasteiger partial charge in [-0.1, -0.05) is 26.2 Å². The number of H-pyrrole nitrogens is 1. The van der Waals surface area contributed by atoms with Crippen molar-refractivity contribution in [3.05, 3.63) is 11.9 Å². The van der Waals surface area contributed by atoms with E-state index in [1.807, 2.05) is 6.20 Å². The molecule has 1 heterocycles. The molecule has 0 saturated heterocycles. The lowest BCUT2D eigenvalue weighted by atomic mass is 10.1. The summed E-state index contributed by atoms with van der Waals surface area (Å²) in [5, 5.41) is 0. The van der Waals surface area contributed by atoms with E-state index in [0.717, 1.165) is 14.9 Å². The van der Waals surface area contributed by atoms with Crippen LogP contribution >= 0.6 is 8.51 Å². The normalized spacial score (nSPS) is 11.0. The van der Waals surface area contributed by atoms with Crippen molar-refractivity contribution < 1.29 is 0 Å². The third-order valence-electron chi connectivity index (χ3n) is 1.75. The number of aryl methyl sites for hydroxylation is 1. The van der Waals surface area contributed by atoms with Gasteiger partial charge in [0.2, 0.25) is 0 Å². The van der Waals surface area contributed by atoms with Crippen molar-refractivity contribution in [2.75, 3.05) is 0 Å². The van der Waals surface area contributed by atoms with Crippen molar-refractivity contribution in [3.63, 3.8) is 0 Å². The highest BCUT2D eigenvalue weighted by Gasteiger charge is 1.93. The Labute approximate surface area is 69.7 Å². The highest BCUT2D eigenvalue weighted by molar-refractivity contribution is 7.20. The third-order valence-corrected chi connectivity index (χ3v) is 2.36. The van der Waals surface area contributed by atoms with Crippen LogP contribution in [0.15, 0.2) is 6.20 Å². The predicted molar refractivity (Wildman–Crippen MR) is 48.9 cm³/mol. The monoisotopic (exact) mass is 170 g/mol. The number of hydrogen-bond acceptors (Lipinski definition) is 1. The van der Waals surface area contributed by atoms with E-state index in [1.165, 1.54) is 31.4 Å². The number of rotatable bonds is 5. The van der Waals surface area contributed by atoms with Gasteiger partial charge in [-0.3, -0.25) is 0 Å². The Balaban J connectivity index is 2.04. The van der Waals surface area contributed by atoms with E-state index in [-0.39, 0.29) is 0 Å². The van der Waals surface area contributed by atoms with E-state index in [9.17, 15) is 0 Å². The molecule has 0 fully saturated rings. The number of aromatic nitrogens is 2. The molecule has 0 aliphatic rings. The molecule has 3 heteroatoms. The van der Waals surface area contributed by atoms with Crippen LogP contribution in [0.25, 0.3) is 0 Å². The molecule has 0 bridgehead atoms. The Bertz CT molecular complexity index is 172. The molecule has 0 radical (unpaired) electrons. The third kappa shape index (κ3) is 3.52. The van der Waals surface area contributed by atoms with Crippen molar-refractivity contribution in [3.8, 4) is 0 Å². The first-order chi connectivity index (χ1) is 5.43. The number of nitrogens with zero attached hydrogens (tertiary/aromatic N) is 1. The molecule has 0 atom stereocenters. The number of hydrogen-bond donors (Lipinski definition) is 1. The lowest BCUT2D eigenvalue weighted by Gasteiger charge is -1.94. The smallest absolute Gasteiger partial charge is 0.129 e. The zero-order valence-electron chi connectivity index (χ0n) is 7.01. The van der Waals surface area contributed by atoms with Gasteiger partial charge in [0.05, 0.1) is 5.69 Å². The van der Waals surface area contributed by atoms with Gasteiger partial charge < -0.3 is 4.75 Å². The molecule has 1 rings (SSSR count). The van der Waals surface area contributed by atoms with Crippen LogP contribution in [-0.4, -0.2) is 9.49 Å². The van der Waals surface area contributed by atoms with Crippen molar-refractivity contribution >= 4 is 8.51 Å². The van der Waals surface area contributed by atoms with Crippen LogP contribution in [0.5, 0.6) is 0 Å². The molecular weight excluding hydrogens is 155 g/mol. The van der Waals surface area contributed by atoms with Crippen LogP contribution in [0, 0.1) is 0 Å². The molecule has 11 heavy (non-hydrogen) atoms. The Morgan fingerprint density at radius 3 is 3.00 bits per heavy atom. The van der Waals surface area contributed by atoms with Gasteiger partial charge in [0, 0.05) is 6.20 Å². The molecule has 0 aromatic carbocycles. The molecule has 0 saturated carbocycles. The van der Waals surface area contributed by atoms with Crippen LogP contribution in [0.2, 0.25) is 0 Å². The van der Waals surface area contributed by atoms with E-state index >= 15 is 0 Å². The predicted octanol–water partition coefficient (Wildman–Crippen LogP) is 3.11. The minimum atomic E-state index is 1.01. The average molecular weight is 170 g/mol. The second-order valence-electron chi connectivity index (χ2n) is 2.78. The summed E-state index contributed by atoms with van der Waals surface area (Å²) < 4.78 is 7.31. The SMILES string of the molecule is CCCCCCc1c[nH]pn1. The van der Waals surface area contributed by atoms with E-state index in [4.69, 9.17) is 0 Å². The van der Waals surface area contributed by atoms with Crippen molar-refractivity contribution in [1.29, 1.82) is 0 Å². The average Bonchev–Trinajstić information content (AvgIpc) is 2.50. The Hall–Kier alpha value is -0.360. The second-order valence-corrected chi connectivity index (χ2v) is 3.43. The summed E-state index contributed by atoms with van der Waals surface area (Å²) in [6, 6.07) is 0. The Kier molecular flexibility index (Phi) is 4.22. The molecule has 0 unspecified atom stereocenters. The fourth-order valence-corrected chi connectivity index (χ4v) is 1.63. The van der Waals surface area contributed by atoms with Gasteiger partial charge in [-0.05, 0) is 12.8 Å². The van der Waals surface area contributed by atoms with Gasteiger partial charge in [-0.25, -0.2) is 4.75 Å². The summed E-state index contributed by atoms with van der Waals surface area (Å²) >= 11 is 0. The molecule has 2 nitrogen and oxygen atoms in total. The van der Waals surface area contributed by atoms with Gasteiger partial charge in [-0.15, -0.1) is 0 Å². The minimum Gasteiger partial charge on any atom is -0.328 e. The zero-order valence-corrected chi connectivity index (χ0v) is 7.90. The summed E-state index contributed by atoms with van der Waals surface area (Å²) in [6.45, 7) is 2.24. The summed E-state index contributed by atoms with van der Waals surface area (Å²) in [6.07, 6.45) is 8.49. The first-order valence-corrected chi connectivity index (χ1v) is 5.13. The van der Waals surface area contributed by atoms with E-state index in [2.05, 4.69) is 16.4 Å². The minimum absolute atomic E-state index is 1.01.